The van der Waals surface area contributed by atoms with E-state index in [4.69, 9.17) is 26.8 Å². The fourth-order valence-corrected chi connectivity index (χ4v) is 2.81. The minimum atomic E-state index is -0.618. The molecule has 0 bridgehead atoms. The van der Waals surface area contributed by atoms with Crippen LogP contribution in [-0.4, -0.2) is 25.2 Å². The van der Waals surface area contributed by atoms with Crippen LogP contribution < -0.4 is 20.5 Å². The average molecular weight is 347 g/mol. The zero-order valence-electron chi connectivity index (χ0n) is 13.3. The van der Waals surface area contributed by atoms with Crippen molar-refractivity contribution in [3.05, 3.63) is 58.6 Å². The first-order valence-corrected chi connectivity index (χ1v) is 8.14. The summed E-state index contributed by atoms with van der Waals surface area (Å²) in [5.41, 5.74) is 7.34. The summed E-state index contributed by atoms with van der Waals surface area (Å²) >= 11 is 6.34. The molecule has 3 rings (SSSR count). The largest absolute Gasteiger partial charge is 0.486 e. The van der Waals surface area contributed by atoms with E-state index in [1.54, 1.807) is 13.0 Å². The van der Waals surface area contributed by atoms with Crippen LogP contribution in [0.15, 0.2) is 42.5 Å². The fraction of sp³-hybridized carbons (Fsp3) is 0.278. The number of ether oxygens (including phenoxy) is 2. The predicted molar refractivity (Wildman–Crippen MR) is 92.5 cm³/mol. The Morgan fingerprint density at radius 3 is 2.58 bits per heavy atom. The molecule has 3 N–H and O–H groups in total. The van der Waals surface area contributed by atoms with Crippen molar-refractivity contribution in [2.45, 2.75) is 19.0 Å². The van der Waals surface area contributed by atoms with Crippen molar-refractivity contribution in [1.29, 1.82) is 0 Å². The van der Waals surface area contributed by atoms with Crippen molar-refractivity contribution in [1.82, 2.24) is 5.32 Å². The van der Waals surface area contributed by atoms with Crippen molar-refractivity contribution in [2.75, 3.05) is 13.2 Å². The first kappa shape index (κ1) is 16.6. The molecule has 0 spiro atoms. The van der Waals surface area contributed by atoms with Gasteiger partial charge >= 0.3 is 0 Å². The van der Waals surface area contributed by atoms with Gasteiger partial charge in [-0.05, 0) is 36.2 Å². The van der Waals surface area contributed by atoms with Crippen LogP contribution in [0, 0.1) is 0 Å². The highest BCUT2D eigenvalue weighted by Crippen LogP contribution is 2.35. The molecule has 0 aliphatic carbocycles. The van der Waals surface area contributed by atoms with Crippen LogP contribution in [-0.2, 0) is 4.79 Å². The van der Waals surface area contributed by atoms with E-state index in [1.807, 2.05) is 36.4 Å². The Balaban J connectivity index is 2.01. The second-order valence-electron chi connectivity index (χ2n) is 5.65. The van der Waals surface area contributed by atoms with Crippen molar-refractivity contribution >= 4 is 17.5 Å². The Labute approximate surface area is 145 Å². The first-order chi connectivity index (χ1) is 11.6. The normalized spacial score (nSPS) is 15.5. The van der Waals surface area contributed by atoms with Crippen molar-refractivity contribution in [3.8, 4) is 11.5 Å². The zero-order valence-corrected chi connectivity index (χ0v) is 14.0. The maximum absolute atomic E-state index is 12.2. The average Bonchev–Trinajstić information content (AvgIpc) is 2.59. The number of benzene rings is 2. The quantitative estimate of drug-likeness (QED) is 0.892. The number of carbonyl (C=O) groups is 1. The van der Waals surface area contributed by atoms with Gasteiger partial charge in [0.25, 0.3) is 0 Å². The molecule has 1 unspecified atom stereocenters. The Hall–Kier alpha value is -2.24. The van der Waals surface area contributed by atoms with E-state index >= 15 is 0 Å². The van der Waals surface area contributed by atoms with E-state index < -0.39 is 12.1 Å². The Morgan fingerprint density at radius 2 is 1.88 bits per heavy atom. The Morgan fingerprint density at radius 1 is 1.17 bits per heavy atom. The molecule has 24 heavy (non-hydrogen) atoms. The molecule has 0 radical (unpaired) electrons. The first-order valence-electron chi connectivity index (χ1n) is 7.76. The van der Waals surface area contributed by atoms with E-state index in [0.717, 1.165) is 11.1 Å². The van der Waals surface area contributed by atoms with Gasteiger partial charge in [0.2, 0.25) is 5.91 Å². The number of carbonyl (C=O) groups excluding carboxylic acids is 1. The standard InChI is InChI=1S/C18H19ClN2O3/c1-11(20)18(22)21-17(13-4-2-3-5-14(13)19)12-6-7-15-16(10-12)24-9-8-23-15/h2-7,10-11,17H,8-9,20H2,1H3,(H,21,22)/t11-,17?/m1/s1. The van der Waals surface area contributed by atoms with Crippen molar-refractivity contribution in [2.24, 2.45) is 5.73 Å². The molecule has 0 aromatic heterocycles. The maximum Gasteiger partial charge on any atom is 0.237 e. The number of rotatable bonds is 4. The highest BCUT2D eigenvalue weighted by atomic mass is 35.5. The minimum absolute atomic E-state index is 0.255. The summed E-state index contributed by atoms with van der Waals surface area (Å²) in [6, 6.07) is 12.0. The van der Waals surface area contributed by atoms with E-state index in [0.29, 0.717) is 29.7 Å². The van der Waals surface area contributed by atoms with Gasteiger partial charge in [-0.25, -0.2) is 0 Å². The number of halogens is 1. The lowest BCUT2D eigenvalue weighted by Crippen LogP contribution is -2.40. The Bertz CT molecular complexity index is 749. The van der Waals surface area contributed by atoms with Crippen LogP contribution in [0.2, 0.25) is 5.02 Å². The summed E-state index contributed by atoms with van der Waals surface area (Å²) in [6.07, 6.45) is 0. The van der Waals surface area contributed by atoms with Gasteiger partial charge in [-0.3, -0.25) is 4.79 Å². The molecule has 6 heteroatoms. The SMILES string of the molecule is C[C@@H](N)C(=O)NC(c1ccc2c(c1)OCCO2)c1ccccc1Cl. The van der Waals surface area contributed by atoms with E-state index in [-0.39, 0.29) is 5.91 Å². The summed E-state index contributed by atoms with van der Waals surface area (Å²) < 4.78 is 11.2. The third-order valence-electron chi connectivity index (χ3n) is 3.82. The fourth-order valence-electron chi connectivity index (χ4n) is 2.56. The number of hydrogen-bond acceptors (Lipinski definition) is 4. The monoisotopic (exact) mass is 346 g/mol. The smallest absolute Gasteiger partial charge is 0.237 e. The van der Waals surface area contributed by atoms with Crippen molar-refractivity contribution in [3.63, 3.8) is 0 Å². The molecule has 0 saturated heterocycles. The molecule has 5 nitrogen and oxygen atoms in total. The number of hydrogen-bond donors (Lipinski definition) is 2. The molecular weight excluding hydrogens is 328 g/mol. The third kappa shape index (κ3) is 3.47. The van der Waals surface area contributed by atoms with Gasteiger partial charge in [0, 0.05) is 5.02 Å². The molecule has 2 aromatic rings. The molecule has 2 atom stereocenters. The van der Waals surface area contributed by atoms with Crippen molar-refractivity contribution < 1.29 is 14.3 Å². The topological polar surface area (TPSA) is 73.6 Å². The van der Waals surface area contributed by atoms with Crippen LogP contribution >= 0.6 is 11.6 Å². The molecule has 0 fully saturated rings. The molecule has 1 amide bonds. The second-order valence-corrected chi connectivity index (χ2v) is 6.06. The van der Waals surface area contributed by atoms with Gasteiger partial charge in [-0.15, -0.1) is 0 Å². The lowest BCUT2D eigenvalue weighted by atomic mass is 9.97. The number of nitrogens with two attached hydrogens (primary N) is 1. The lowest BCUT2D eigenvalue weighted by Gasteiger charge is -2.24. The summed E-state index contributed by atoms with van der Waals surface area (Å²) in [5.74, 6) is 1.10. The minimum Gasteiger partial charge on any atom is -0.486 e. The lowest BCUT2D eigenvalue weighted by molar-refractivity contribution is -0.122. The maximum atomic E-state index is 12.2. The molecule has 2 aromatic carbocycles. The zero-order chi connectivity index (χ0) is 17.1. The van der Waals surface area contributed by atoms with Gasteiger partial charge in [0.05, 0.1) is 12.1 Å². The van der Waals surface area contributed by atoms with Crippen LogP contribution in [0.1, 0.15) is 24.1 Å². The number of amides is 1. The molecule has 126 valence electrons. The van der Waals surface area contributed by atoms with Crippen LogP contribution in [0.3, 0.4) is 0 Å². The number of fused-ring (bicyclic) bond motifs is 1. The van der Waals surface area contributed by atoms with Crippen LogP contribution in [0.25, 0.3) is 0 Å². The number of nitrogens with one attached hydrogen (secondary N) is 1. The molecule has 1 aliphatic heterocycles. The van der Waals surface area contributed by atoms with Crippen LogP contribution in [0.4, 0.5) is 0 Å². The second kappa shape index (κ2) is 7.11. The summed E-state index contributed by atoms with van der Waals surface area (Å²) in [4.78, 5) is 12.2. The molecule has 0 saturated carbocycles. The summed E-state index contributed by atoms with van der Waals surface area (Å²) in [5, 5.41) is 3.52. The highest BCUT2D eigenvalue weighted by Gasteiger charge is 2.23. The molecule has 1 aliphatic rings. The summed E-state index contributed by atoms with van der Waals surface area (Å²) in [6.45, 7) is 2.67. The van der Waals surface area contributed by atoms with Gasteiger partial charge in [-0.2, -0.15) is 0 Å². The van der Waals surface area contributed by atoms with E-state index in [1.165, 1.54) is 0 Å². The van der Waals surface area contributed by atoms with Gasteiger partial charge in [0.15, 0.2) is 11.5 Å². The van der Waals surface area contributed by atoms with E-state index in [2.05, 4.69) is 5.32 Å². The van der Waals surface area contributed by atoms with Gasteiger partial charge < -0.3 is 20.5 Å². The third-order valence-corrected chi connectivity index (χ3v) is 4.16. The van der Waals surface area contributed by atoms with Crippen LogP contribution in [0.5, 0.6) is 11.5 Å². The predicted octanol–water partition coefficient (Wildman–Crippen LogP) is 2.66. The van der Waals surface area contributed by atoms with Gasteiger partial charge in [0.1, 0.15) is 13.2 Å². The van der Waals surface area contributed by atoms with E-state index in [9.17, 15) is 4.79 Å². The summed E-state index contributed by atoms with van der Waals surface area (Å²) in [7, 11) is 0. The molecule has 1 heterocycles. The molecular formula is C18H19ClN2O3. The highest BCUT2D eigenvalue weighted by molar-refractivity contribution is 6.31. The Kier molecular flexibility index (Phi) is 4.92. The van der Waals surface area contributed by atoms with Gasteiger partial charge in [-0.1, -0.05) is 35.9 Å².